The van der Waals surface area contributed by atoms with E-state index < -0.39 is 11.7 Å². The average molecular weight is 230 g/mol. The maximum absolute atomic E-state index is 12.5. The summed E-state index contributed by atoms with van der Waals surface area (Å²) in [4.78, 5) is 0. The van der Waals surface area contributed by atoms with Gasteiger partial charge in [0.1, 0.15) is 0 Å². The first-order valence-corrected chi connectivity index (χ1v) is 5.32. The molecule has 0 amide bonds. The van der Waals surface area contributed by atoms with Crippen LogP contribution in [0.25, 0.3) is 0 Å². The van der Waals surface area contributed by atoms with E-state index >= 15 is 0 Å². The van der Waals surface area contributed by atoms with Gasteiger partial charge in [0.15, 0.2) is 0 Å². The minimum absolute atomic E-state index is 0.205. The molecule has 0 radical (unpaired) electrons. The third-order valence-corrected chi connectivity index (χ3v) is 2.91. The van der Waals surface area contributed by atoms with Gasteiger partial charge in [-0.25, -0.2) is 0 Å². The molecule has 88 valence electrons. The highest BCUT2D eigenvalue weighted by atomic mass is 19.4. The molecule has 16 heavy (non-hydrogen) atoms. The summed E-state index contributed by atoms with van der Waals surface area (Å²) in [6.45, 7) is 1.28. The minimum atomic E-state index is -4.25. The van der Waals surface area contributed by atoms with E-state index in [4.69, 9.17) is 4.74 Å². The Hall–Kier alpha value is -1.03. The van der Waals surface area contributed by atoms with Crippen LogP contribution in [-0.4, -0.2) is 13.2 Å². The molecule has 0 aromatic heterocycles. The van der Waals surface area contributed by atoms with Crippen LogP contribution in [0.3, 0.4) is 0 Å². The van der Waals surface area contributed by atoms with Crippen molar-refractivity contribution in [1.82, 2.24) is 0 Å². The zero-order chi connectivity index (χ0) is 11.6. The molecule has 0 unspecified atom stereocenters. The molecule has 1 heterocycles. The lowest BCUT2D eigenvalue weighted by molar-refractivity contribution is -0.137. The molecule has 1 fully saturated rings. The first-order chi connectivity index (χ1) is 7.57. The lowest BCUT2D eigenvalue weighted by Crippen LogP contribution is -2.15. The number of hydrogen-bond acceptors (Lipinski definition) is 1. The van der Waals surface area contributed by atoms with Crippen molar-refractivity contribution in [2.75, 3.05) is 13.2 Å². The number of benzene rings is 1. The molecule has 0 saturated carbocycles. The summed E-state index contributed by atoms with van der Waals surface area (Å²) in [5, 5.41) is 0. The third-order valence-electron chi connectivity index (χ3n) is 2.91. The fourth-order valence-electron chi connectivity index (χ4n) is 2.00. The van der Waals surface area contributed by atoms with Crippen molar-refractivity contribution < 1.29 is 17.9 Å². The normalized spacial score (nSPS) is 18.7. The van der Waals surface area contributed by atoms with Crippen LogP contribution in [0.1, 0.15) is 29.9 Å². The van der Waals surface area contributed by atoms with Crippen molar-refractivity contribution in [1.29, 1.82) is 0 Å². The predicted molar refractivity (Wildman–Crippen MR) is 54.2 cm³/mol. The summed E-state index contributed by atoms with van der Waals surface area (Å²) in [7, 11) is 0. The molecule has 1 aromatic carbocycles. The summed E-state index contributed by atoms with van der Waals surface area (Å²) < 4.78 is 42.7. The first-order valence-electron chi connectivity index (χ1n) is 5.32. The molecule has 1 aromatic rings. The Labute approximate surface area is 92.2 Å². The van der Waals surface area contributed by atoms with Crippen LogP contribution in [0, 0.1) is 0 Å². The quantitative estimate of drug-likeness (QED) is 0.716. The van der Waals surface area contributed by atoms with E-state index in [-0.39, 0.29) is 5.92 Å². The Morgan fingerprint density at radius 1 is 1.12 bits per heavy atom. The monoisotopic (exact) mass is 230 g/mol. The zero-order valence-corrected chi connectivity index (χ0v) is 8.76. The van der Waals surface area contributed by atoms with Crippen molar-refractivity contribution in [3.63, 3.8) is 0 Å². The number of rotatable bonds is 1. The second kappa shape index (κ2) is 4.45. The molecule has 0 bridgehead atoms. The maximum Gasteiger partial charge on any atom is 0.416 e. The highest BCUT2D eigenvalue weighted by Gasteiger charge is 2.31. The van der Waals surface area contributed by atoms with Gasteiger partial charge in [0.05, 0.1) is 5.56 Å². The van der Waals surface area contributed by atoms with E-state index in [2.05, 4.69) is 0 Å². The van der Waals surface area contributed by atoms with Gasteiger partial charge in [-0.15, -0.1) is 0 Å². The lowest BCUT2D eigenvalue weighted by Gasteiger charge is -2.23. The maximum atomic E-state index is 12.5. The lowest BCUT2D eigenvalue weighted by atomic mass is 9.91. The Balaban J connectivity index is 2.21. The molecule has 0 aliphatic carbocycles. The molecule has 0 spiro atoms. The van der Waals surface area contributed by atoms with Gasteiger partial charge in [-0.2, -0.15) is 13.2 Å². The Kier molecular flexibility index (Phi) is 3.19. The SMILES string of the molecule is FC(F)(F)c1cccc(C2CCOCC2)c1. The standard InChI is InChI=1S/C12H13F3O/c13-12(14,15)11-3-1-2-10(8-11)9-4-6-16-7-5-9/h1-3,8-9H,4-7H2. The van der Waals surface area contributed by atoms with Gasteiger partial charge in [0.25, 0.3) is 0 Å². The summed E-state index contributed by atoms with van der Waals surface area (Å²) in [5.41, 5.74) is 0.217. The number of alkyl halides is 3. The molecule has 1 nitrogen and oxygen atoms in total. The van der Waals surface area contributed by atoms with Crippen molar-refractivity contribution in [2.45, 2.75) is 24.9 Å². The Morgan fingerprint density at radius 3 is 2.44 bits per heavy atom. The number of hydrogen-bond donors (Lipinski definition) is 0. The summed E-state index contributed by atoms with van der Waals surface area (Å²) in [6, 6.07) is 5.62. The smallest absolute Gasteiger partial charge is 0.381 e. The highest BCUT2D eigenvalue weighted by molar-refractivity contribution is 5.28. The molecule has 0 atom stereocenters. The van der Waals surface area contributed by atoms with E-state index in [1.165, 1.54) is 12.1 Å². The van der Waals surface area contributed by atoms with Gasteiger partial charge in [-0.1, -0.05) is 18.2 Å². The van der Waals surface area contributed by atoms with Gasteiger partial charge >= 0.3 is 6.18 Å². The Morgan fingerprint density at radius 2 is 1.81 bits per heavy atom. The second-order valence-corrected chi connectivity index (χ2v) is 4.01. The molecule has 2 rings (SSSR count). The second-order valence-electron chi connectivity index (χ2n) is 4.01. The summed E-state index contributed by atoms with van der Waals surface area (Å²) in [6.07, 6.45) is -2.64. The minimum Gasteiger partial charge on any atom is -0.381 e. The molecular formula is C12H13F3O. The fraction of sp³-hybridized carbons (Fsp3) is 0.500. The Bertz CT molecular complexity index is 354. The summed E-state index contributed by atoms with van der Waals surface area (Å²) >= 11 is 0. The third kappa shape index (κ3) is 2.55. The zero-order valence-electron chi connectivity index (χ0n) is 8.76. The average Bonchev–Trinajstić information content (AvgIpc) is 2.29. The van der Waals surface area contributed by atoms with Crippen LogP contribution in [0.4, 0.5) is 13.2 Å². The van der Waals surface area contributed by atoms with E-state index in [1.54, 1.807) is 6.07 Å². The van der Waals surface area contributed by atoms with Crippen LogP contribution in [0.2, 0.25) is 0 Å². The van der Waals surface area contributed by atoms with Gasteiger partial charge in [0, 0.05) is 13.2 Å². The molecule has 1 aliphatic rings. The highest BCUT2D eigenvalue weighted by Crippen LogP contribution is 2.33. The van der Waals surface area contributed by atoms with E-state index in [0.29, 0.717) is 13.2 Å². The molecule has 1 saturated heterocycles. The van der Waals surface area contributed by atoms with Crippen LogP contribution in [0.5, 0.6) is 0 Å². The molecular weight excluding hydrogens is 217 g/mol. The molecule has 4 heteroatoms. The predicted octanol–water partition coefficient (Wildman–Crippen LogP) is 3.60. The van der Waals surface area contributed by atoms with Crippen LogP contribution >= 0.6 is 0 Å². The van der Waals surface area contributed by atoms with Crippen molar-refractivity contribution in [2.24, 2.45) is 0 Å². The van der Waals surface area contributed by atoms with Gasteiger partial charge in [0.2, 0.25) is 0 Å². The van der Waals surface area contributed by atoms with Crippen LogP contribution in [-0.2, 0) is 10.9 Å². The van der Waals surface area contributed by atoms with Crippen molar-refractivity contribution in [3.05, 3.63) is 35.4 Å². The van der Waals surface area contributed by atoms with Crippen LogP contribution in [0.15, 0.2) is 24.3 Å². The van der Waals surface area contributed by atoms with Gasteiger partial charge in [-0.05, 0) is 30.4 Å². The largest absolute Gasteiger partial charge is 0.416 e. The van der Waals surface area contributed by atoms with E-state index in [0.717, 1.165) is 24.5 Å². The fourth-order valence-corrected chi connectivity index (χ4v) is 2.00. The molecule has 1 aliphatic heterocycles. The first kappa shape index (κ1) is 11.5. The van der Waals surface area contributed by atoms with Gasteiger partial charge in [-0.3, -0.25) is 0 Å². The van der Waals surface area contributed by atoms with E-state index in [1.807, 2.05) is 0 Å². The number of ether oxygens (including phenoxy) is 1. The van der Waals surface area contributed by atoms with Crippen molar-refractivity contribution >= 4 is 0 Å². The summed E-state index contributed by atoms with van der Waals surface area (Å²) in [5.74, 6) is 0.205. The topological polar surface area (TPSA) is 9.23 Å². The van der Waals surface area contributed by atoms with E-state index in [9.17, 15) is 13.2 Å². The van der Waals surface area contributed by atoms with Crippen LogP contribution < -0.4 is 0 Å². The number of halogens is 3. The molecule has 0 N–H and O–H groups in total. The van der Waals surface area contributed by atoms with Gasteiger partial charge < -0.3 is 4.74 Å². The van der Waals surface area contributed by atoms with Crippen molar-refractivity contribution in [3.8, 4) is 0 Å².